The number of rotatable bonds is 10. The number of hydrogen-bond donors (Lipinski definition) is 2. The van der Waals surface area contributed by atoms with Crippen LogP contribution in [-0.2, 0) is 4.79 Å². The first-order valence-corrected chi connectivity index (χ1v) is 8.00. The molecule has 0 aromatic carbocycles. The molecule has 4 nitrogen and oxygen atoms in total. The van der Waals surface area contributed by atoms with Crippen LogP contribution in [0.2, 0.25) is 0 Å². The van der Waals surface area contributed by atoms with Crippen molar-refractivity contribution in [1.29, 1.82) is 0 Å². The fourth-order valence-corrected chi connectivity index (χ4v) is 2.39. The largest absolute Gasteiger partial charge is 0.396 e. The molecular weight excluding hydrogens is 252 g/mol. The van der Waals surface area contributed by atoms with E-state index in [1.54, 1.807) is 0 Å². The van der Waals surface area contributed by atoms with Gasteiger partial charge in [0.2, 0.25) is 5.91 Å². The summed E-state index contributed by atoms with van der Waals surface area (Å²) in [6.07, 6.45) is 6.70. The maximum absolute atomic E-state index is 12.5. The highest BCUT2D eigenvalue weighted by molar-refractivity contribution is 5.94. The summed E-state index contributed by atoms with van der Waals surface area (Å²) in [7, 11) is 0. The number of aliphatic hydroxyl groups is 1. The normalized spacial score (nSPS) is 14.1. The molecule has 1 saturated heterocycles. The number of hydrogen-bond acceptors (Lipinski definition) is 3. The molecule has 1 fully saturated rings. The van der Waals surface area contributed by atoms with Gasteiger partial charge >= 0.3 is 0 Å². The lowest BCUT2D eigenvalue weighted by Gasteiger charge is -2.27. The number of nitrogens with zero attached hydrogens (tertiary/aromatic N) is 1. The second-order valence-corrected chi connectivity index (χ2v) is 5.62. The van der Waals surface area contributed by atoms with Crippen molar-refractivity contribution in [3.63, 3.8) is 0 Å². The van der Waals surface area contributed by atoms with Gasteiger partial charge in [0, 0.05) is 38.4 Å². The lowest BCUT2D eigenvalue weighted by atomic mass is 10.0. The molecule has 0 aliphatic carbocycles. The van der Waals surface area contributed by atoms with Gasteiger partial charge in [0.05, 0.1) is 0 Å². The zero-order valence-corrected chi connectivity index (χ0v) is 13.1. The van der Waals surface area contributed by atoms with Crippen LogP contribution in [0.3, 0.4) is 0 Å². The average Bonchev–Trinajstić information content (AvgIpc) is 2.39. The minimum absolute atomic E-state index is 0.150. The van der Waals surface area contributed by atoms with Crippen molar-refractivity contribution in [2.75, 3.05) is 32.8 Å². The first-order valence-electron chi connectivity index (χ1n) is 8.00. The maximum Gasteiger partial charge on any atom is 0.249 e. The Morgan fingerprint density at radius 1 is 1.15 bits per heavy atom. The van der Waals surface area contributed by atoms with Crippen molar-refractivity contribution in [2.24, 2.45) is 0 Å². The van der Waals surface area contributed by atoms with Gasteiger partial charge in [-0.2, -0.15) is 0 Å². The molecular formula is C16H30N2O2. The maximum atomic E-state index is 12.5. The van der Waals surface area contributed by atoms with E-state index in [-0.39, 0.29) is 12.5 Å². The van der Waals surface area contributed by atoms with E-state index in [4.69, 9.17) is 5.11 Å². The summed E-state index contributed by atoms with van der Waals surface area (Å²) in [5, 5.41) is 12.2. The molecule has 0 aromatic heterocycles. The predicted molar refractivity (Wildman–Crippen MR) is 82.6 cm³/mol. The molecule has 0 unspecified atom stereocenters. The van der Waals surface area contributed by atoms with Crippen molar-refractivity contribution in [2.45, 2.75) is 52.4 Å². The van der Waals surface area contributed by atoms with Crippen molar-refractivity contribution in [3.8, 4) is 0 Å². The number of carbonyl (C=O) groups excluding carboxylic acids is 1. The van der Waals surface area contributed by atoms with Gasteiger partial charge in [0.1, 0.15) is 0 Å². The van der Waals surface area contributed by atoms with Gasteiger partial charge in [-0.1, -0.05) is 32.6 Å². The quantitative estimate of drug-likeness (QED) is 0.476. The molecule has 0 radical (unpaired) electrons. The van der Waals surface area contributed by atoms with Gasteiger partial charge in [-0.25, -0.2) is 0 Å². The summed E-state index contributed by atoms with van der Waals surface area (Å²) >= 11 is 0. The van der Waals surface area contributed by atoms with E-state index in [0.29, 0.717) is 13.0 Å². The fraction of sp³-hybridized carbons (Fsp3) is 0.812. The molecule has 1 aliphatic heterocycles. The zero-order chi connectivity index (χ0) is 14.8. The lowest BCUT2D eigenvalue weighted by Crippen LogP contribution is -2.40. The van der Waals surface area contributed by atoms with Crippen LogP contribution in [0, 0.1) is 0 Å². The van der Waals surface area contributed by atoms with Crippen molar-refractivity contribution < 1.29 is 9.90 Å². The Morgan fingerprint density at radius 2 is 1.80 bits per heavy atom. The first kappa shape index (κ1) is 17.2. The van der Waals surface area contributed by atoms with E-state index < -0.39 is 0 Å². The molecule has 0 bridgehead atoms. The molecule has 0 aromatic rings. The van der Waals surface area contributed by atoms with Gasteiger partial charge in [0.25, 0.3) is 0 Å². The topological polar surface area (TPSA) is 52.6 Å². The third-order valence-electron chi connectivity index (χ3n) is 3.93. The molecule has 0 atom stereocenters. The highest BCUT2D eigenvalue weighted by Crippen LogP contribution is 2.13. The Hall–Kier alpha value is -0.870. The Morgan fingerprint density at radius 3 is 2.35 bits per heavy atom. The molecule has 1 rings (SSSR count). The summed E-state index contributed by atoms with van der Waals surface area (Å²) in [5.74, 6) is 0.158. The summed E-state index contributed by atoms with van der Waals surface area (Å²) in [6, 6.07) is 0. The highest BCUT2D eigenvalue weighted by atomic mass is 16.3. The minimum Gasteiger partial charge on any atom is -0.396 e. The fourth-order valence-electron chi connectivity index (χ4n) is 2.39. The first-order chi connectivity index (χ1) is 9.70. The van der Waals surface area contributed by atoms with Gasteiger partial charge in [-0.05, 0) is 25.3 Å². The Labute approximate surface area is 123 Å². The Balaban J connectivity index is 2.43. The van der Waals surface area contributed by atoms with Gasteiger partial charge in [-0.15, -0.1) is 0 Å². The molecule has 20 heavy (non-hydrogen) atoms. The predicted octanol–water partition coefficient (Wildman–Crippen LogP) is 2.09. The van der Waals surface area contributed by atoms with Gasteiger partial charge < -0.3 is 15.3 Å². The van der Waals surface area contributed by atoms with Gasteiger partial charge in [0.15, 0.2) is 0 Å². The molecule has 4 heteroatoms. The third kappa shape index (κ3) is 5.63. The molecule has 116 valence electrons. The summed E-state index contributed by atoms with van der Waals surface area (Å²) in [4.78, 5) is 14.4. The second-order valence-electron chi connectivity index (χ2n) is 5.62. The number of amides is 1. The van der Waals surface area contributed by atoms with E-state index in [9.17, 15) is 4.79 Å². The van der Waals surface area contributed by atoms with Crippen LogP contribution in [0.1, 0.15) is 52.4 Å². The summed E-state index contributed by atoms with van der Waals surface area (Å²) < 4.78 is 0. The van der Waals surface area contributed by atoms with Crippen LogP contribution in [0.4, 0.5) is 0 Å². The second kappa shape index (κ2) is 9.94. The van der Waals surface area contributed by atoms with E-state index in [0.717, 1.165) is 31.6 Å². The molecule has 1 amide bonds. The molecule has 2 N–H and O–H groups in total. The van der Waals surface area contributed by atoms with E-state index in [1.807, 2.05) is 11.8 Å². The monoisotopic (exact) mass is 282 g/mol. The smallest absolute Gasteiger partial charge is 0.249 e. The molecule has 0 spiro atoms. The van der Waals surface area contributed by atoms with E-state index in [2.05, 4.69) is 12.2 Å². The van der Waals surface area contributed by atoms with Crippen LogP contribution in [0.25, 0.3) is 0 Å². The average molecular weight is 282 g/mol. The number of unbranched alkanes of at least 4 members (excludes halogenated alkanes) is 4. The number of carbonyl (C=O) groups is 1. The summed E-state index contributed by atoms with van der Waals surface area (Å²) in [5.41, 5.74) is 2.13. The number of nitrogens with one attached hydrogen (secondary N) is 1. The molecule has 1 aliphatic rings. The van der Waals surface area contributed by atoms with Crippen molar-refractivity contribution in [3.05, 3.63) is 11.1 Å². The zero-order valence-electron chi connectivity index (χ0n) is 13.1. The van der Waals surface area contributed by atoms with Crippen molar-refractivity contribution in [1.82, 2.24) is 10.2 Å². The van der Waals surface area contributed by atoms with Crippen LogP contribution in [0.15, 0.2) is 11.1 Å². The van der Waals surface area contributed by atoms with Crippen LogP contribution in [0.5, 0.6) is 0 Å². The van der Waals surface area contributed by atoms with Crippen LogP contribution >= 0.6 is 0 Å². The minimum atomic E-state index is 0.150. The molecule has 1 heterocycles. The SMILES string of the molecule is CCCCCCCN(CCCO)C(=O)C(C)=C1CNC1. The van der Waals surface area contributed by atoms with Crippen LogP contribution < -0.4 is 5.32 Å². The third-order valence-corrected chi connectivity index (χ3v) is 3.93. The van der Waals surface area contributed by atoms with Crippen molar-refractivity contribution >= 4 is 5.91 Å². The van der Waals surface area contributed by atoms with E-state index >= 15 is 0 Å². The summed E-state index contributed by atoms with van der Waals surface area (Å²) in [6.45, 7) is 7.48. The van der Waals surface area contributed by atoms with Gasteiger partial charge in [-0.3, -0.25) is 4.79 Å². The highest BCUT2D eigenvalue weighted by Gasteiger charge is 2.20. The Kier molecular flexibility index (Phi) is 8.54. The Bertz CT molecular complexity index is 320. The standard InChI is InChI=1S/C16H30N2O2/c1-3-4-5-6-7-9-18(10-8-11-19)16(20)14(2)15-12-17-13-15/h17,19H,3-13H2,1-2H3. The van der Waals surface area contributed by atoms with E-state index in [1.165, 1.54) is 31.3 Å². The van der Waals surface area contributed by atoms with Crippen LogP contribution in [-0.4, -0.2) is 48.7 Å². The lowest BCUT2D eigenvalue weighted by molar-refractivity contribution is -0.127. The molecule has 0 saturated carbocycles. The number of aliphatic hydroxyl groups excluding tert-OH is 1.